The van der Waals surface area contributed by atoms with Crippen LogP contribution in [0.15, 0.2) is 52.2 Å². The quantitative estimate of drug-likeness (QED) is 0.761. The summed E-state index contributed by atoms with van der Waals surface area (Å²) in [5, 5.41) is 9.84. The first-order valence-corrected chi connectivity index (χ1v) is 9.70. The van der Waals surface area contributed by atoms with Gasteiger partial charge in [-0.15, -0.1) is 0 Å². The highest BCUT2D eigenvalue weighted by molar-refractivity contribution is 9.10. The molecule has 4 rings (SSSR count). The highest BCUT2D eigenvalue weighted by Crippen LogP contribution is 2.35. The Hall–Kier alpha value is -2.05. The van der Waals surface area contributed by atoms with E-state index in [4.69, 9.17) is 0 Å². The second-order valence-electron chi connectivity index (χ2n) is 6.84. The summed E-state index contributed by atoms with van der Waals surface area (Å²) in [6, 6.07) is 11.9. The number of amidine groups is 1. The topological polar surface area (TPSA) is 65.8 Å². The van der Waals surface area contributed by atoms with Crippen LogP contribution in [0.25, 0.3) is 0 Å². The van der Waals surface area contributed by atoms with Crippen LogP contribution in [0.5, 0.6) is 0 Å². The number of hydrogen-bond donors (Lipinski definition) is 1. The summed E-state index contributed by atoms with van der Waals surface area (Å²) in [5.74, 6) is 0.544. The van der Waals surface area contributed by atoms with E-state index in [0.717, 1.165) is 37.2 Å². The number of carbonyl (C=O) groups is 1. The number of pyridine rings is 1. The first-order valence-electron chi connectivity index (χ1n) is 8.90. The highest BCUT2D eigenvalue weighted by atomic mass is 79.9. The number of fused-ring (bicyclic) bond motifs is 1. The fourth-order valence-electron chi connectivity index (χ4n) is 3.82. The number of aromatic nitrogens is 1. The molecule has 1 aliphatic heterocycles. The van der Waals surface area contributed by atoms with Gasteiger partial charge in [-0.3, -0.25) is 4.79 Å². The maximum absolute atomic E-state index is 12.7. The molecule has 0 unspecified atom stereocenters. The molecular weight excluding hydrogens is 394 g/mol. The van der Waals surface area contributed by atoms with E-state index in [-0.39, 0.29) is 18.1 Å². The molecule has 0 atom stereocenters. The zero-order valence-corrected chi connectivity index (χ0v) is 15.9. The fourth-order valence-corrected chi connectivity index (χ4v) is 4.19. The van der Waals surface area contributed by atoms with Crippen molar-refractivity contribution in [1.82, 2.24) is 4.98 Å². The van der Waals surface area contributed by atoms with Crippen molar-refractivity contribution in [2.24, 2.45) is 4.99 Å². The number of rotatable bonds is 2. The van der Waals surface area contributed by atoms with Crippen LogP contribution in [0.2, 0.25) is 0 Å². The van der Waals surface area contributed by atoms with Crippen LogP contribution in [0.1, 0.15) is 41.6 Å². The number of para-hydroxylation sites is 1. The van der Waals surface area contributed by atoms with Gasteiger partial charge in [-0.05, 0) is 65.4 Å². The van der Waals surface area contributed by atoms with Crippen LogP contribution in [-0.2, 0) is 6.42 Å². The Morgan fingerprint density at radius 3 is 2.73 bits per heavy atom. The standard InChI is InChI=1S/C20H20BrN3O2/c21-18-11-14(9-10-22-18)20(26)23-19-12-13-3-1-2-4-17(13)24(19)15-5-7-16(25)8-6-15/h1-4,9-11,15-16,25H,5-8,12H2. The minimum Gasteiger partial charge on any atom is -0.393 e. The molecule has 1 fully saturated rings. The Bertz CT molecular complexity index is 860. The van der Waals surface area contributed by atoms with Crippen LogP contribution < -0.4 is 4.90 Å². The number of hydrogen-bond acceptors (Lipinski definition) is 3. The van der Waals surface area contributed by atoms with Crippen molar-refractivity contribution in [2.75, 3.05) is 4.90 Å². The summed E-state index contributed by atoms with van der Waals surface area (Å²) in [4.78, 5) is 23.4. The van der Waals surface area contributed by atoms with Gasteiger partial charge in [-0.1, -0.05) is 18.2 Å². The molecule has 5 nitrogen and oxygen atoms in total. The average Bonchev–Trinajstić information content (AvgIpc) is 3.00. The van der Waals surface area contributed by atoms with Gasteiger partial charge in [-0.2, -0.15) is 4.99 Å². The molecule has 1 saturated carbocycles. The summed E-state index contributed by atoms with van der Waals surface area (Å²) in [6.07, 6.45) is 5.45. The molecule has 1 aromatic carbocycles. The second-order valence-corrected chi connectivity index (χ2v) is 7.65. The minimum absolute atomic E-state index is 0.208. The predicted molar refractivity (Wildman–Crippen MR) is 105 cm³/mol. The summed E-state index contributed by atoms with van der Waals surface area (Å²) in [5.41, 5.74) is 2.85. The van der Waals surface area contributed by atoms with E-state index < -0.39 is 0 Å². The minimum atomic E-state index is -0.253. The van der Waals surface area contributed by atoms with Gasteiger partial charge in [0.2, 0.25) is 0 Å². The van der Waals surface area contributed by atoms with Crippen molar-refractivity contribution in [3.05, 3.63) is 58.3 Å². The molecule has 0 spiro atoms. The van der Waals surface area contributed by atoms with Gasteiger partial charge in [0, 0.05) is 29.9 Å². The van der Waals surface area contributed by atoms with Crippen LogP contribution in [-0.4, -0.2) is 34.0 Å². The van der Waals surface area contributed by atoms with Crippen LogP contribution in [0, 0.1) is 0 Å². The molecule has 1 amide bonds. The molecule has 2 aromatic rings. The molecule has 0 radical (unpaired) electrons. The number of aliphatic imine (C=N–C) groups is 1. The smallest absolute Gasteiger partial charge is 0.278 e. The molecule has 0 saturated heterocycles. The van der Waals surface area contributed by atoms with Gasteiger partial charge in [0.25, 0.3) is 5.91 Å². The summed E-state index contributed by atoms with van der Waals surface area (Å²) < 4.78 is 0.622. The lowest BCUT2D eigenvalue weighted by atomic mass is 9.92. The number of aliphatic hydroxyl groups is 1. The number of halogens is 1. The Labute approximate surface area is 160 Å². The third kappa shape index (κ3) is 3.44. The Balaban J connectivity index is 1.67. The third-order valence-corrected chi connectivity index (χ3v) is 5.55. The molecular formula is C20H20BrN3O2. The fraction of sp³-hybridized carbons (Fsp3) is 0.350. The van der Waals surface area contributed by atoms with E-state index in [2.05, 4.69) is 42.9 Å². The zero-order valence-electron chi connectivity index (χ0n) is 14.3. The number of amides is 1. The lowest BCUT2D eigenvalue weighted by molar-refractivity contribution is 0.100. The van der Waals surface area contributed by atoms with E-state index in [9.17, 15) is 9.90 Å². The highest BCUT2D eigenvalue weighted by Gasteiger charge is 2.34. The monoisotopic (exact) mass is 413 g/mol. The van der Waals surface area contributed by atoms with Crippen LogP contribution in [0.4, 0.5) is 5.69 Å². The lowest BCUT2D eigenvalue weighted by Gasteiger charge is -2.35. The maximum atomic E-state index is 12.7. The first-order chi connectivity index (χ1) is 12.6. The maximum Gasteiger partial charge on any atom is 0.278 e. The number of carbonyl (C=O) groups excluding carboxylic acids is 1. The Morgan fingerprint density at radius 2 is 1.96 bits per heavy atom. The van der Waals surface area contributed by atoms with E-state index in [1.807, 2.05) is 12.1 Å². The molecule has 134 valence electrons. The molecule has 6 heteroatoms. The van der Waals surface area contributed by atoms with Crippen LogP contribution in [0.3, 0.4) is 0 Å². The van der Waals surface area contributed by atoms with Crippen molar-refractivity contribution in [1.29, 1.82) is 0 Å². The van der Waals surface area contributed by atoms with E-state index in [1.165, 1.54) is 5.56 Å². The zero-order chi connectivity index (χ0) is 18.1. The van der Waals surface area contributed by atoms with Gasteiger partial charge in [-0.25, -0.2) is 4.98 Å². The van der Waals surface area contributed by atoms with Gasteiger partial charge in [0.05, 0.1) is 6.10 Å². The van der Waals surface area contributed by atoms with Crippen molar-refractivity contribution in [3.8, 4) is 0 Å². The van der Waals surface area contributed by atoms with Gasteiger partial charge < -0.3 is 10.0 Å². The Morgan fingerprint density at radius 1 is 1.19 bits per heavy atom. The molecule has 1 aliphatic carbocycles. The van der Waals surface area contributed by atoms with Crippen molar-refractivity contribution in [3.63, 3.8) is 0 Å². The van der Waals surface area contributed by atoms with E-state index in [1.54, 1.807) is 18.3 Å². The van der Waals surface area contributed by atoms with Gasteiger partial charge in [0.15, 0.2) is 0 Å². The summed E-state index contributed by atoms with van der Waals surface area (Å²) in [6.45, 7) is 0. The molecule has 0 bridgehead atoms. The molecule has 2 heterocycles. The molecule has 2 aliphatic rings. The summed E-state index contributed by atoms with van der Waals surface area (Å²) in [7, 11) is 0. The van der Waals surface area contributed by atoms with Crippen molar-refractivity contribution >= 4 is 33.4 Å². The SMILES string of the molecule is O=C(N=C1Cc2ccccc2N1C1CCC(O)CC1)c1ccnc(Br)c1. The number of nitrogens with zero attached hydrogens (tertiary/aromatic N) is 3. The van der Waals surface area contributed by atoms with Crippen LogP contribution >= 0.6 is 15.9 Å². The second kappa shape index (κ2) is 7.29. The number of benzene rings is 1. The van der Waals surface area contributed by atoms with Gasteiger partial charge >= 0.3 is 0 Å². The van der Waals surface area contributed by atoms with Crippen molar-refractivity contribution < 1.29 is 9.90 Å². The van der Waals surface area contributed by atoms with Crippen molar-refractivity contribution in [2.45, 2.75) is 44.2 Å². The predicted octanol–water partition coefficient (Wildman–Crippen LogP) is 3.75. The third-order valence-electron chi connectivity index (χ3n) is 5.11. The molecule has 26 heavy (non-hydrogen) atoms. The van der Waals surface area contributed by atoms with E-state index in [0.29, 0.717) is 16.6 Å². The summed E-state index contributed by atoms with van der Waals surface area (Å²) >= 11 is 3.30. The van der Waals surface area contributed by atoms with Gasteiger partial charge in [0.1, 0.15) is 10.4 Å². The number of anilines is 1. The largest absolute Gasteiger partial charge is 0.393 e. The number of aliphatic hydroxyl groups excluding tert-OH is 1. The molecule has 1 aromatic heterocycles. The molecule has 1 N–H and O–H groups in total. The Kier molecular flexibility index (Phi) is 4.87. The van der Waals surface area contributed by atoms with E-state index >= 15 is 0 Å². The lowest BCUT2D eigenvalue weighted by Crippen LogP contribution is -2.41. The normalized spacial score (nSPS) is 23.9. The first kappa shape index (κ1) is 17.4. The average molecular weight is 414 g/mol.